The van der Waals surface area contributed by atoms with Gasteiger partial charge in [-0.1, -0.05) is 6.58 Å². The average molecular weight is 236 g/mol. The summed E-state index contributed by atoms with van der Waals surface area (Å²) in [4.78, 5) is 0. The van der Waals surface area contributed by atoms with Crippen molar-refractivity contribution in [2.24, 2.45) is 0 Å². The van der Waals surface area contributed by atoms with E-state index in [0.717, 1.165) is 11.3 Å². The molecule has 0 aromatic heterocycles. The molecule has 1 fully saturated rings. The molecule has 0 spiro atoms. The second kappa shape index (κ2) is 5.70. The number of methoxy groups -OCH3 is 1. The van der Waals surface area contributed by atoms with E-state index in [1.54, 1.807) is 7.11 Å². The summed E-state index contributed by atoms with van der Waals surface area (Å²) in [6, 6.07) is 7.62. The maximum atomic E-state index is 5.46. The Morgan fingerprint density at radius 2 is 2.06 bits per heavy atom. The third kappa shape index (κ3) is 3.22. The zero-order chi connectivity index (χ0) is 12.1. The van der Waals surface area contributed by atoms with Crippen molar-refractivity contribution < 1.29 is 18.9 Å². The van der Waals surface area contributed by atoms with Crippen molar-refractivity contribution in [3.8, 4) is 5.75 Å². The Balaban J connectivity index is 1.91. The molecule has 0 radical (unpaired) electrons. The molecule has 2 rings (SSSR count). The minimum absolute atomic E-state index is 0.337. The first kappa shape index (κ1) is 12.0. The van der Waals surface area contributed by atoms with Crippen LogP contribution in [-0.2, 0) is 14.2 Å². The number of ether oxygens (including phenoxy) is 4. The van der Waals surface area contributed by atoms with Crippen molar-refractivity contribution in [1.82, 2.24) is 0 Å². The van der Waals surface area contributed by atoms with Crippen LogP contribution in [0.25, 0.3) is 0 Å². The topological polar surface area (TPSA) is 36.9 Å². The first-order valence-corrected chi connectivity index (χ1v) is 5.47. The quantitative estimate of drug-likeness (QED) is 0.735. The van der Waals surface area contributed by atoms with E-state index in [4.69, 9.17) is 18.9 Å². The van der Waals surface area contributed by atoms with Gasteiger partial charge in [0.05, 0.1) is 6.61 Å². The van der Waals surface area contributed by atoms with Gasteiger partial charge in [0.2, 0.25) is 6.29 Å². The molecule has 1 atom stereocenters. The van der Waals surface area contributed by atoms with Crippen molar-refractivity contribution in [1.29, 1.82) is 0 Å². The van der Waals surface area contributed by atoms with Crippen LogP contribution in [0.15, 0.2) is 36.6 Å². The molecule has 4 nitrogen and oxygen atoms in total. The van der Waals surface area contributed by atoms with E-state index in [0.29, 0.717) is 25.6 Å². The lowest BCUT2D eigenvalue weighted by atomic mass is 10.2. The molecule has 1 unspecified atom stereocenters. The van der Waals surface area contributed by atoms with E-state index in [1.165, 1.54) is 0 Å². The van der Waals surface area contributed by atoms with Gasteiger partial charge in [0.1, 0.15) is 24.7 Å². The smallest absolute Gasteiger partial charge is 0.226 e. The average Bonchev–Trinajstić information content (AvgIpc) is 2.77. The minimum atomic E-state index is -0.337. The first-order valence-electron chi connectivity index (χ1n) is 5.47. The molecule has 1 aromatic carbocycles. The molecular weight excluding hydrogens is 220 g/mol. The van der Waals surface area contributed by atoms with E-state index in [1.807, 2.05) is 24.3 Å². The van der Waals surface area contributed by atoms with Crippen molar-refractivity contribution in [2.45, 2.75) is 6.29 Å². The Labute approximate surface area is 101 Å². The summed E-state index contributed by atoms with van der Waals surface area (Å²) in [7, 11) is 1.65. The van der Waals surface area contributed by atoms with Crippen LogP contribution in [0.4, 0.5) is 0 Å². The second-order valence-corrected chi connectivity index (χ2v) is 3.71. The van der Waals surface area contributed by atoms with E-state index >= 15 is 0 Å². The van der Waals surface area contributed by atoms with Gasteiger partial charge in [-0.25, -0.2) is 0 Å². The lowest BCUT2D eigenvalue weighted by Crippen LogP contribution is -2.04. The molecule has 0 amide bonds. The second-order valence-electron chi connectivity index (χ2n) is 3.71. The molecule has 0 aliphatic carbocycles. The summed E-state index contributed by atoms with van der Waals surface area (Å²) in [6.07, 6.45) is -0.337. The van der Waals surface area contributed by atoms with Crippen molar-refractivity contribution in [2.75, 3.05) is 26.9 Å². The predicted molar refractivity (Wildman–Crippen MR) is 62.7 cm³/mol. The summed E-state index contributed by atoms with van der Waals surface area (Å²) in [6.45, 7) is 5.29. The standard InChI is InChI=1S/C13H16O4/c1-10-9-16-13(17-10)11-3-5-12(6-4-11)15-8-7-14-2/h3-6,13H,1,7-9H2,2H3. The first-order chi connectivity index (χ1) is 8.29. The molecule has 1 aliphatic rings. The van der Waals surface area contributed by atoms with Gasteiger partial charge in [-0.2, -0.15) is 0 Å². The summed E-state index contributed by atoms with van der Waals surface area (Å²) in [5.41, 5.74) is 0.961. The molecule has 0 saturated carbocycles. The highest BCUT2D eigenvalue weighted by Gasteiger charge is 2.21. The van der Waals surface area contributed by atoms with E-state index < -0.39 is 0 Å². The van der Waals surface area contributed by atoms with Gasteiger partial charge in [-0.05, 0) is 24.3 Å². The lowest BCUT2D eigenvalue weighted by Gasteiger charge is -2.11. The molecule has 1 aliphatic heterocycles. The molecule has 0 bridgehead atoms. The van der Waals surface area contributed by atoms with Crippen LogP contribution >= 0.6 is 0 Å². The molecule has 1 heterocycles. The van der Waals surface area contributed by atoms with Gasteiger partial charge in [0.15, 0.2) is 0 Å². The van der Waals surface area contributed by atoms with Crippen molar-refractivity contribution in [3.05, 3.63) is 42.2 Å². The number of hydrogen-bond acceptors (Lipinski definition) is 4. The lowest BCUT2D eigenvalue weighted by molar-refractivity contribution is -0.0339. The van der Waals surface area contributed by atoms with Crippen LogP contribution in [0.2, 0.25) is 0 Å². The van der Waals surface area contributed by atoms with Gasteiger partial charge in [-0.3, -0.25) is 0 Å². The van der Waals surface area contributed by atoms with Crippen LogP contribution < -0.4 is 4.74 Å². The third-order valence-electron chi connectivity index (χ3n) is 2.38. The van der Waals surface area contributed by atoms with Gasteiger partial charge in [0, 0.05) is 12.7 Å². The monoisotopic (exact) mass is 236 g/mol. The molecular formula is C13H16O4. The van der Waals surface area contributed by atoms with Crippen LogP contribution in [0.1, 0.15) is 11.9 Å². The summed E-state index contributed by atoms with van der Waals surface area (Å²) < 4.78 is 21.2. The van der Waals surface area contributed by atoms with Gasteiger partial charge in [0.25, 0.3) is 0 Å². The molecule has 92 valence electrons. The Kier molecular flexibility index (Phi) is 4.01. The Hall–Kier alpha value is -1.52. The predicted octanol–water partition coefficient (Wildman–Crippen LogP) is 2.27. The van der Waals surface area contributed by atoms with Crippen LogP contribution in [0, 0.1) is 0 Å². The van der Waals surface area contributed by atoms with Crippen LogP contribution in [0.3, 0.4) is 0 Å². The fraction of sp³-hybridized carbons (Fsp3) is 0.385. The number of benzene rings is 1. The maximum Gasteiger partial charge on any atom is 0.226 e. The Bertz CT molecular complexity index is 372. The maximum absolute atomic E-state index is 5.46. The van der Waals surface area contributed by atoms with E-state index in [2.05, 4.69) is 6.58 Å². The fourth-order valence-corrected chi connectivity index (χ4v) is 1.52. The van der Waals surface area contributed by atoms with E-state index in [-0.39, 0.29) is 6.29 Å². The molecule has 17 heavy (non-hydrogen) atoms. The number of rotatable bonds is 5. The zero-order valence-electron chi connectivity index (χ0n) is 9.85. The van der Waals surface area contributed by atoms with Gasteiger partial charge in [-0.15, -0.1) is 0 Å². The van der Waals surface area contributed by atoms with Crippen LogP contribution in [0.5, 0.6) is 5.75 Å². The Morgan fingerprint density at radius 1 is 1.29 bits per heavy atom. The summed E-state index contributed by atoms with van der Waals surface area (Å²) >= 11 is 0. The third-order valence-corrected chi connectivity index (χ3v) is 2.38. The van der Waals surface area contributed by atoms with E-state index in [9.17, 15) is 0 Å². The molecule has 1 saturated heterocycles. The summed E-state index contributed by atoms with van der Waals surface area (Å²) in [5, 5.41) is 0. The highest BCUT2D eigenvalue weighted by Crippen LogP contribution is 2.28. The molecule has 4 heteroatoms. The highest BCUT2D eigenvalue weighted by molar-refractivity contribution is 5.28. The van der Waals surface area contributed by atoms with Gasteiger partial charge >= 0.3 is 0 Å². The van der Waals surface area contributed by atoms with Gasteiger partial charge < -0.3 is 18.9 Å². The normalized spacial score (nSPS) is 19.1. The van der Waals surface area contributed by atoms with Crippen molar-refractivity contribution in [3.63, 3.8) is 0 Å². The SMILES string of the molecule is C=C1COC(c2ccc(OCCOC)cc2)O1. The highest BCUT2D eigenvalue weighted by atomic mass is 16.7. The fourth-order valence-electron chi connectivity index (χ4n) is 1.52. The molecule has 1 aromatic rings. The molecule has 0 N–H and O–H groups in total. The Morgan fingerprint density at radius 3 is 2.65 bits per heavy atom. The number of hydrogen-bond donors (Lipinski definition) is 0. The van der Waals surface area contributed by atoms with Crippen molar-refractivity contribution >= 4 is 0 Å². The largest absolute Gasteiger partial charge is 0.491 e. The summed E-state index contributed by atoms with van der Waals surface area (Å²) in [5.74, 6) is 1.47. The zero-order valence-corrected chi connectivity index (χ0v) is 9.85. The minimum Gasteiger partial charge on any atom is -0.491 e. The van der Waals surface area contributed by atoms with Crippen LogP contribution in [-0.4, -0.2) is 26.9 Å².